The zero-order chi connectivity index (χ0) is 17.9. The first-order valence-corrected chi connectivity index (χ1v) is 8.30. The van der Waals surface area contributed by atoms with Crippen molar-refractivity contribution in [3.05, 3.63) is 66.4 Å². The Morgan fingerprint density at radius 1 is 1.00 bits per heavy atom. The number of aryl methyl sites for hydroxylation is 1. The van der Waals surface area contributed by atoms with Gasteiger partial charge >= 0.3 is 0 Å². The van der Waals surface area contributed by atoms with Gasteiger partial charge in [0.25, 0.3) is 0 Å². The molecular weight excluding hydrogens is 331 g/mol. The number of pyridine rings is 1. The average Bonchev–Trinajstić information content (AvgIpc) is 3.07. The van der Waals surface area contributed by atoms with Crippen molar-refractivity contribution >= 4 is 16.9 Å². The van der Waals surface area contributed by atoms with E-state index in [-0.39, 0.29) is 5.82 Å². The van der Waals surface area contributed by atoms with Crippen molar-refractivity contribution in [2.24, 2.45) is 0 Å². The Bertz CT molecular complexity index is 1040. The van der Waals surface area contributed by atoms with Crippen LogP contribution in [0.3, 0.4) is 0 Å². The molecule has 4 aromatic rings. The van der Waals surface area contributed by atoms with Crippen LogP contribution in [0.15, 0.2) is 49.1 Å². The second kappa shape index (κ2) is 6.87. The van der Waals surface area contributed by atoms with Crippen molar-refractivity contribution in [2.75, 3.05) is 11.9 Å². The van der Waals surface area contributed by atoms with Gasteiger partial charge in [0.05, 0.1) is 5.39 Å². The third kappa shape index (κ3) is 3.37. The summed E-state index contributed by atoms with van der Waals surface area (Å²) < 4.78 is 13.1. The molecule has 4 rings (SSSR count). The van der Waals surface area contributed by atoms with E-state index in [9.17, 15) is 4.39 Å². The largest absolute Gasteiger partial charge is 0.369 e. The molecule has 0 amide bonds. The van der Waals surface area contributed by atoms with E-state index < -0.39 is 0 Å². The van der Waals surface area contributed by atoms with E-state index >= 15 is 0 Å². The van der Waals surface area contributed by atoms with Crippen molar-refractivity contribution in [3.8, 4) is 11.1 Å². The lowest BCUT2D eigenvalue weighted by atomic mass is 10.1. The van der Waals surface area contributed by atoms with Crippen molar-refractivity contribution < 1.29 is 4.39 Å². The maximum atomic E-state index is 13.1. The Morgan fingerprint density at radius 3 is 2.62 bits per heavy atom. The minimum atomic E-state index is -0.263. The Hall–Kier alpha value is -3.35. The lowest BCUT2D eigenvalue weighted by Crippen LogP contribution is -2.08. The van der Waals surface area contributed by atoms with Crippen molar-refractivity contribution in [3.63, 3.8) is 0 Å². The second-order valence-electron chi connectivity index (χ2n) is 6.01. The highest BCUT2D eigenvalue weighted by Gasteiger charge is 2.08. The van der Waals surface area contributed by atoms with E-state index in [1.165, 1.54) is 18.5 Å². The number of hydrogen-bond acceptors (Lipinski definition) is 5. The minimum absolute atomic E-state index is 0.263. The number of halogens is 1. The van der Waals surface area contributed by atoms with E-state index in [4.69, 9.17) is 0 Å². The summed E-state index contributed by atoms with van der Waals surface area (Å²) in [6, 6.07) is 8.30. The molecule has 0 fully saturated rings. The minimum Gasteiger partial charge on any atom is -0.369 e. The van der Waals surface area contributed by atoms with Gasteiger partial charge < -0.3 is 10.3 Å². The number of fused-ring (bicyclic) bond motifs is 1. The van der Waals surface area contributed by atoms with Gasteiger partial charge in [-0.2, -0.15) is 0 Å². The van der Waals surface area contributed by atoms with Crippen molar-refractivity contribution in [1.29, 1.82) is 0 Å². The van der Waals surface area contributed by atoms with Gasteiger partial charge in [0.2, 0.25) is 0 Å². The van der Waals surface area contributed by atoms with Gasteiger partial charge in [-0.05, 0) is 30.7 Å². The third-order valence-electron chi connectivity index (χ3n) is 4.08. The average molecular weight is 348 g/mol. The predicted molar refractivity (Wildman–Crippen MR) is 98.2 cm³/mol. The van der Waals surface area contributed by atoms with Crippen LogP contribution >= 0.6 is 0 Å². The molecule has 3 heterocycles. The number of rotatable bonds is 5. The molecule has 130 valence electrons. The molecule has 0 saturated heterocycles. The normalized spacial score (nSPS) is 11.0. The standard InChI is InChI=1S/C19H17FN6/c1-12-9-22-17(26-12)6-7-21-18-16-8-14(10-23-19(16)25-11-24-18)13-2-4-15(20)5-3-13/h2-5,8-11H,6-7H2,1H3,(H,22,26)(H,21,23,24,25). The van der Waals surface area contributed by atoms with Crippen LogP contribution in [0.4, 0.5) is 10.2 Å². The zero-order valence-electron chi connectivity index (χ0n) is 14.2. The van der Waals surface area contributed by atoms with E-state index in [2.05, 4.69) is 30.2 Å². The fourth-order valence-electron chi connectivity index (χ4n) is 2.78. The van der Waals surface area contributed by atoms with Gasteiger partial charge in [-0.25, -0.2) is 24.3 Å². The topological polar surface area (TPSA) is 79.4 Å². The van der Waals surface area contributed by atoms with E-state index in [0.29, 0.717) is 12.2 Å². The third-order valence-corrected chi connectivity index (χ3v) is 4.08. The summed E-state index contributed by atoms with van der Waals surface area (Å²) >= 11 is 0. The lowest BCUT2D eigenvalue weighted by Gasteiger charge is -2.09. The van der Waals surface area contributed by atoms with E-state index in [1.807, 2.05) is 19.2 Å². The summed E-state index contributed by atoms with van der Waals surface area (Å²) in [5.74, 6) is 1.38. The van der Waals surface area contributed by atoms with Crippen LogP contribution in [0.5, 0.6) is 0 Å². The number of imidazole rings is 1. The first-order chi connectivity index (χ1) is 12.7. The molecule has 0 saturated carbocycles. The molecule has 7 heteroatoms. The smallest absolute Gasteiger partial charge is 0.164 e. The molecule has 0 atom stereocenters. The molecular formula is C19H17FN6. The van der Waals surface area contributed by atoms with Crippen LogP contribution in [0.25, 0.3) is 22.2 Å². The van der Waals surface area contributed by atoms with Gasteiger partial charge in [0.1, 0.15) is 23.8 Å². The molecule has 0 radical (unpaired) electrons. The summed E-state index contributed by atoms with van der Waals surface area (Å²) in [6.07, 6.45) is 5.79. The summed E-state index contributed by atoms with van der Waals surface area (Å²) in [5, 5.41) is 4.15. The Labute approximate surface area is 149 Å². The van der Waals surface area contributed by atoms with E-state index in [0.717, 1.165) is 40.3 Å². The maximum absolute atomic E-state index is 13.1. The summed E-state index contributed by atoms with van der Waals surface area (Å²) in [7, 11) is 0. The molecule has 0 bridgehead atoms. The van der Waals surface area contributed by atoms with Crippen LogP contribution in [0.1, 0.15) is 11.5 Å². The number of hydrogen-bond donors (Lipinski definition) is 2. The Balaban J connectivity index is 1.59. The number of nitrogens with one attached hydrogen (secondary N) is 2. The Kier molecular flexibility index (Phi) is 4.27. The van der Waals surface area contributed by atoms with Crippen molar-refractivity contribution in [1.82, 2.24) is 24.9 Å². The van der Waals surface area contributed by atoms with Crippen LogP contribution in [0.2, 0.25) is 0 Å². The SMILES string of the molecule is Cc1cnc(CCNc2ncnc3ncc(-c4ccc(F)cc4)cc23)[nH]1. The van der Waals surface area contributed by atoms with Gasteiger partial charge in [-0.1, -0.05) is 12.1 Å². The van der Waals surface area contributed by atoms with Gasteiger partial charge in [0.15, 0.2) is 5.65 Å². The van der Waals surface area contributed by atoms with Gasteiger partial charge in [0, 0.05) is 36.6 Å². The van der Waals surface area contributed by atoms with Crippen LogP contribution in [0, 0.1) is 12.7 Å². The molecule has 0 unspecified atom stereocenters. The fourth-order valence-corrected chi connectivity index (χ4v) is 2.78. The molecule has 2 N–H and O–H groups in total. The van der Waals surface area contributed by atoms with Crippen molar-refractivity contribution in [2.45, 2.75) is 13.3 Å². The molecule has 0 spiro atoms. The fraction of sp³-hybridized carbons (Fsp3) is 0.158. The highest BCUT2D eigenvalue weighted by molar-refractivity contribution is 5.89. The Morgan fingerprint density at radius 2 is 1.85 bits per heavy atom. The molecule has 0 aliphatic heterocycles. The van der Waals surface area contributed by atoms with E-state index in [1.54, 1.807) is 18.3 Å². The second-order valence-corrected chi connectivity index (χ2v) is 6.01. The van der Waals surface area contributed by atoms with Gasteiger partial charge in [-0.15, -0.1) is 0 Å². The van der Waals surface area contributed by atoms with Crippen LogP contribution in [-0.2, 0) is 6.42 Å². The summed E-state index contributed by atoms with van der Waals surface area (Å²) in [5.41, 5.74) is 3.43. The molecule has 0 aliphatic rings. The highest BCUT2D eigenvalue weighted by Crippen LogP contribution is 2.25. The quantitative estimate of drug-likeness (QED) is 0.577. The maximum Gasteiger partial charge on any atom is 0.164 e. The zero-order valence-corrected chi connectivity index (χ0v) is 14.2. The number of aromatic amines is 1. The molecule has 26 heavy (non-hydrogen) atoms. The molecule has 1 aromatic carbocycles. The lowest BCUT2D eigenvalue weighted by molar-refractivity contribution is 0.628. The van der Waals surface area contributed by atoms with Gasteiger partial charge in [-0.3, -0.25) is 0 Å². The number of nitrogens with zero attached hydrogens (tertiary/aromatic N) is 4. The monoisotopic (exact) mass is 348 g/mol. The molecule has 6 nitrogen and oxygen atoms in total. The molecule has 3 aromatic heterocycles. The first-order valence-electron chi connectivity index (χ1n) is 8.30. The molecule has 0 aliphatic carbocycles. The summed E-state index contributed by atoms with van der Waals surface area (Å²) in [4.78, 5) is 20.5. The highest BCUT2D eigenvalue weighted by atomic mass is 19.1. The predicted octanol–water partition coefficient (Wildman–Crippen LogP) is 3.52. The number of anilines is 1. The number of benzene rings is 1. The van der Waals surface area contributed by atoms with Crippen LogP contribution in [-0.4, -0.2) is 31.5 Å². The summed E-state index contributed by atoms with van der Waals surface area (Å²) in [6.45, 7) is 2.66. The number of aromatic nitrogens is 5. The van der Waals surface area contributed by atoms with Crippen LogP contribution < -0.4 is 5.32 Å². The number of H-pyrrole nitrogens is 1. The first kappa shape index (κ1) is 16.1.